The summed E-state index contributed by atoms with van der Waals surface area (Å²) < 4.78 is 0. The number of nitro groups is 2. The Bertz CT molecular complexity index is 640. The van der Waals surface area contributed by atoms with Crippen molar-refractivity contribution in [3.63, 3.8) is 0 Å². The van der Waals surface area contributed by atoms with E-state index < -0.39 is 9.85 Å². The monoisotopic (exact) mass is 306 g/mol. The molecular weight excluding hydrogens is 288 g/mol. The average molecular weight is 306 g/mol. The van der Waals surface area contributed by atoms with Crippen molar-refractivity contribution in [3.8, 4) is 0 Å². The van der Waals surface area contributed by atoms with E-state index in [1.165, 1.54) is 12.1 Å². The van der Waals surface area contributed by atoms with Crippen LogP contribution < -0.4 is 5.43 Å². The molecule has 0 bridgehead atoms. The molecule has 1 aromatic carbocycles. The first kappa shape index (κ1) is 15.9. The van der Waals surface area contributed by atoms with Crippen molar-refractivity contribution in [2.75, 3.05) is 5.43 Å². The summed E-state index contributed by atoms with van der Waals surface area (Å²) in [6, 6.07) is 3.48. The molecule has 22 heavy (non-hydrogen) atoms. The van der Waals surface area contributed by atoms with Gasteiger partial charge in [0.05, 0.1) is 15.9 Å². The molecule has 8 heteroatoms. The maximum absolute atomic E-state index is 11.1. The number of nitro benzene ring substituents is 2. The lowest BCUT2D eigenvalue weighted by molar-refractivity contribution is -0.393. The van der Waals surface area contributed by atoms with E-state index in [9.17, 15) is 20.2 Å². The molecule has 1 saturated carbocycles. The standard InChI is InChI=1S/C14H18N4O4/c1-14(2)8-4-3-5-13(14)16-15-11-7-6-10(17(19)20)9-12(11)18(21)22/h6-7,9,15H,3-5,8H2,1-2H3/b16-13-. The van der Waals surface area contributed by atoms with Crippen LogP contribution in [0.5, 0.6) is 0 Å². The second-order valence-electron chi connectivity index (χ2n) is 5.98. The third-order valence-corrected chi connectivity index (χ3v) is 3.95. The maximum atomic E-state index is 11.1. The van der Waals surface area contributed by atoms with E-state index in [2.05, 4.69) is 24.4 Å². The van der Waals surface area contributed by atoms with Crippen molar-refractivity contribution in [2.24, 2.45) is 10.5 Å². The molecule has 0 heterocycles. The van der Waals surface area contributed by atoms with Crippen molar-refractivity contribution in [1.29, 1.82) is 0 Å². The molecule has 8 nitrogen and oxygen atoms in total. The first-order valence-corrected chi connectivity index (χ1v) is 7.07. The molecule has 1 aliphatic rings. The lowest BCUT2D eigenvalue weighted by atomic mass is 9.76. The van der Waals surface area contributed by atoms with Gasteiger partial charge < -0.3 is 0 Å². The van der Waals surface area contributed by atoms with Crippen LogP contribution in [0.2, 0.25) is 0 Å². The summed E-state index contributed by atoms with van der Waals surface area (Å²) in [7, 11) is 0. The summed E-state index contributed by atoms with van der Waals surface area (Å²) in [5, 5.41) is 26.1. The Kier molecular flexibility index (Phi) is 4.39. The largest absolute Gasteiger partial charge is 0.301 e. The number of hydrogen-bond acceptors (Lipinski definition) is 6. The van der Waals surface area contributed by atoms with Gasteiger partial charge in [-0.05, 0) is 25.3 Å². The Balaban J connectivity index is 2.29. The molecule has 0 aliphatic heterocycles. The van der Waals surface area contributed by atoms with Gasteiger partial charge in [0, 0.05) is 17.2 Å². The SMILES string of the molecule is CC1(C)CCCC/C1=N/Nc1ccc([N+](=O)[O-])cc1[N+](=O)[O-]. The molecule has 0 saturated heterocycles. The maximum Gasteiger partial charge on any atom is 0.301 e. The minimum atomic E-state index is -0.660. The van der Waals surface area contributed by atoms with E-state index in [0.29, 0.717) is 0 Å². The number of rotatable bonds is 4. The normalized spacial score (nSPS) is 18.9. The lowest BCUT2D eigenvalue weighted by Gasteiger charge is -2.31. The highest BCUT2D eigenvalue weighted by Crippen LogP contribution is 2.34. The van der Waals surface area contributed by atoms with Gasteiger partial charge in [-0.2, -0.15) is 5.10 Å². The van der Waals surface area contributed by atoms with Crippen LogP contribution in [0.1, 0.15) is 39.5 Å². The van der Waals surface area contributed by atoms with E-state index in [1.54, 1.807) is 0 Å². The van der Waals surface area contributed by atoms with Gasteiger partial charge in [-0.25, -0.2) is 0 Å². The summed E-state index contributed by atoms with van der Waals surface area (Å²) in [4.78, 5) is 20.5. The molecule has 0 radical (unpaired) electrons. The fraction of sp³-hybridized carbons (Fsp3) is 0.500. The molecule has 0 atom stereocenters. The van der Waals surface area contributed by atoms with Gasteiger partial charge in [0.2, 0.25) is 0 Å². The number of non-ortho nitro benzene ring substituents is 1. The van der Waals surface area contributed by atoms with Crippen molar-refractivity contribution in [2.45, 2.75) is 39.5 Å². The summed E-state index contributed by atoms with van der Waals surface area (Å²) in [6.45, 7) is 4.19. The number of anilines is 1. The molecule has 1 fully saturated rings. The van der Waals surface area contributed by atoms with Crippen LogP contribution in [-0.4, -0.2) is 15.6 Å². The van der Waals surface area contributed by atoms with E-state index >= 15 is 0 Å². The molecule has 118 valence electrons. The zero-order chi connectivity index (χ0) is 16.3. The number of nitrogens with one attached hydrogen (secondary N) is 1. The highest BCUT2D eigenvalue weighted by Gasteiger charge is 2.28. The van der Waals surface area contributed by atoms with Gasteiger partial charge >= 0.3 is 5.69 Å². The predicted octanol–water partition coefficient (Wildman–Crippen LogP) is 3.87. The predicted molar refractivity (Wildman–Crippen MR) is 83.1 cm³/mol. The smallest absolute Gasteiger partial charge is 0.272 e. The van der Waals surface area contributed by atoms with Gasteiger partial charge in [-0.15, -0.1) is 0 Å². The van der Waals surface area contributed by atoms with Gasteiger partial charge in [-0.3, -0.25) is 25.7 Å². The first-order valence-electron chi connectivity index (χ1n) is 7.07. The Hall–Kier alpha value is -2.51. The van der Waals surface area contributed by atoms with Crippen LogP contribution in [-0.2, 0) is 0 Å². The summed E-state index contributed by atoms with van der Waals surface area (Å²) in [5.41, 5.74) is 3.12. The van der Waals surface area contributed by atoms with E-state index in [1.807, 2.05) is 0 Å². The van der Waals surface area contributed by atoms with Gasteiger partial charge in [0.15, 0.2) is 0 Å². The third kappa shape index (κ3) is 3.38. The van der Waals surface area contributed by atoms with Crippen LogP contribution in [0.25, 0.3) is 0 Å². The minimum Gasteiger partial charge on any atom is -0.272 e. The highest BCUT2D eigenvalue weighted by atomic mass is 16.6. The second-order valence-corrected chi connectivity index (χ2v) is 5.98. The van der Waals surface area contributed by atoms with E-state index in [0.717, 1.165) is 37.5 Å². The molecule has 2 rings (SSSR count). The Morgan fingerprint density at radius 1 is 1.18 bits per heavy atom. The van der Waals surface area contributed by atoms with Crippen LogP contribution in [0.4, 0.5) is 17.1 Å². The molecule has 1 aromatic rings. The van der Waals surface area contributed by atoms with Gasteiger partial charge in [0.1, 0.15) is 5.69 Å². The zero-order valence-electron chi connectivity index (χ0n) is 12.5. The van der Waals surface area contributed by atoms with Gasteiger partial charge in [-0.1, -0.05) is 20.3 Å². The number of benzene rings is 1. The van der Waals surface area contributed by atoms with Crippen molar-refractivity contribution < 1.29 is 9.85 Å². The lowest BCUT2D eigenvalue weighted by Crippen LogP contribution is -2.28. The molecule has 0 amide bonds. The quantitative estimate of drug-likeness (QED) is 0.670. The first-order chi connectivity index (χ1) is 10.3. The molecule has 0 aromatic heterocycles. The Morgan fingerprint density at radius 2 is 1.91 bits per heavy atom. The fourth-order valence-electron chi connectivity index (χ4n) is 2.56. The number of hydrazone groups is 1. The number of nitrogens with zero attached hydrogens (tertiary/aromatic N) is 3. The Labute approximate surface area is 127 Å². The molecular formula is C14H18N4O4. The summed E-state index contributed by atoms with van der Waals surface area (Å²) in [5.74, 6) is 0. The fourth-order valence-corrected chi connectivity index (χ4v) is 2.56. The van der Waals surface area contributed by atoms with Crippen molar-refractivity contribution in [3.05, 3.63) is 38.4 Å². The van der Waals surface area contributed by atoms with Crippen LogP contribution in [0, 0.1) is 25.6 Å². The highest BCUT2D eigenvalue weighted by molar-refractivity contribution is 5.91. The van der Waals surface area contributed by atoms with E-state index in [-0.39, 0.29) is 22.5 Å². The number of hydrogen-bond donors (Lipinski definition) is 1. The van der Waals surface area contributed by atoms with E-state index in [4.69, 9.17) is 0 Å². The van der Waals surface area contributed by atoms with Gasteiger partial charge in [0.25, 0.3) is 5.69 Å². The van der Waals surface area contributed by atoms with Crippen molar-refractivity contribution >= 4 is 22.8 Å². The van der Waals surface area contributed by atoms with Crippen LogP contribution in [0.3, 0.4) is 0 Å². The van der Waals surface area contributed by atoms with Crippen LogP contribution in [0.15, 0.2) is 23.3 Å². The zero-order valence-corrected chi connectivity index (χ0v) is 12.5. The molecule has 1 aliphatic carbocycles. The summed E-state index contributed by atoms with van der Waals surface area (Å²) in [6.07, 6.45) is 4.06. The topological polar surface area (TPSA) is 111 Å². The average Bonchev–Trinajstić information content (AvgIpc) is 2.45. The third-order valence-electron chi connectivity index (χ3n) is 3.95. The molecule has 0 unspecified atom stereocenters. The summed E-state index contributed by atoms with van der Waals surface area (Å²) >= 11 is 0. The Morgan fingerprint density at radius 3 is 2.50 bits per heavy atom. The van der Waals surface area contributed by atoms with Crippen LogP contribution >= 0.6 is 0 Å². The second kappa shape index (κ2) is 6.08. The molecule has 0 spiro atoms. The van der Waals surface area contributed by atoms with Crippen molar-refractivity contribution in [1.82, 2.24) is 0 Å². The minimum absolute atomic E-state index is 0.0409. The molecule has 1 N–H and O–H groups in total.